The normalized spacial score (nSPS) is 20.2. The van der Waals surface area contributed by atoms with Crippen LogP contribution in [0.4, 0.5) is 4.79 Å². The average Bonchev–Trinajstić information content (AvgIpc) is 2.67. The Labute approximate surface area is 115 Å². The van der Waals surface area contributed by atoms with Crippen LogP contribution in [-0.4, -0.2) is 31.1 Å². The Hall–Kier alpha value is -1.10. The molecule has 0 spiro atoms. The number of imide groups is 1. The smallest absolute Gasteiger partial charge is 0.321 e. The summed E-state index contributed by atoms with van der Waals surface area (Å²) < 4.78 is 0. The van der Waals surface area contributed by atoms with E-state index in [0.29, 0.717) is 12.0 Å². The zero-order valence-electron chi connectivity index (χ0n) is 12.3. The predicted octanol–water partition coefficient (Wildman–Crippen LogP) is 1.78. The van der Waals surface area contributed by atoms with Crippen LogP contribution in [0, 0.1) is 5.92 Å². The highest BCUT2D eigenvalue weighted by atomic mass is 16.2. The fourth-order valence-corrected chi connectivity index (χ4v) is 2.70. The molecule has 110 valence electrons. The molecule has 3 N–H and O–H groups in total. The van der Waals surface area contributed by atoms with E-state index in [4.69, 9.17) is 0 Å². The first kappa shape index (κ1) is 16.0. The monoisotopic (exact) mass is 269 g/mol. The van der Waals surface area contributed by atoms with Gasteiger partial charge in [0, 0.05) is 13.1 Å². The van der Waals surface area contributed by atoms with Crippen LogP contribution >= 0.6 is 0 Å². The van der Waals surface area contributed by atoms with E-state index in [1.54, 1.807) is 6.92 Å². The van der Waals surface area contributed by atoms with Crippen LogP contribution in [-0.2, 0) is 4.79 Å². The van der Waals surface area contributed by atoms with Crippen molar-refractivity contribution in [3.05, 3.63) is 0 Å². The molecule has 1 aliphatic rings. The molecule has 0 aliphatic heterocycles. The van der Waals surface area contributed by atoms with Crippen molar-refractivity contribution < 1.29 is 9.59 Å². The van der Waals surface area contributed by atoms with E-state index < -0.39 is 6.03 Å². The molecule has 0 aromatic heterocycles. The van der Waals surface area contributed by atoms with Gasteiger partial charge >= 0.3 is 6.03 Å². The highest BCUT2D eigenvalue weighted by Crippen LogP contribution is 2.25. The highest BCUT2D eigenvalue weighted by Gasteiger charge is 2.23. The molecule has 5 heteroatoms. The first-order valence-corrected chi connectivity index (χ1v) is 7.33. The minimum absolute atomic E-state index is 0.278. The van der Waals surface area contributed by atoms with Crippen molar-refractivity contribution in [2.75, 3.05) is 7.05 Å². The number of rotatable bonds is 4. The number of nitrogens with one attached hydrogen (secondary N) is 3. The van der Waals surface area contributed by atoms with Gasteiger partial charge in [-0.25, -0.2) is 4.79 Å². The van der Waals surface area contributed by atoms with Crippen molar-refractivity contribution in [1.29, 1.82) is 0 Å². The van der Waals surface area contributed by atoms with Gasteiger partial charge in [0.15, 0.2) is 0 Å². The first-order chi connectivity index (χ1) is 9.04. The average molecular weight is 269 g/mol. The van der Waals surface area contributed by atoms with Crippen molar-refractivity contribution in [2.45, 2.75) is 64.5 Å². The van der Waals surface area contributed by atoms with Crippen molar-refractivity contribution in [3.63, 3.8) is 0 Å². The lowest BCUT2D eigenvalue weighted by Gasteiger charge is -2.26. The van der Waals surface area contributed by atoms with Crippen molar-refractivity contribution in [2.24, 2.45) is 5.92 Å². The van der Waals surface area contributed by atoms with Gasteiger partial charge < -0.3 is 10.6 Å². The van der Waals surface area contributed by atoms with Crippen LogP contribution in [0.1, 0.15) is 52.4 Å². The Morgan fingerprint density at radius 3 is 2.16 bits per heavy atom. The number of carbonyl (C=O) groups is 2. The molecule has 1 saturated carbocycles. The molecule has 0 aromatic rings. The summed E-state index contributed by atoms with van der Waals surface area (Å²) in [5, 5.41) is 7.99. The summed E-state index contributed by atoms with van der Waals surface area (Å²) in [6.45, 7) is 3.94. The van der Waals surface area contributed by atoms with E-state index in [1.165, 1.54) is 45.6 Å². The minimum Gasteiger partial charge on any atom is -0.341 e. The van der Waals surface area contributed by atoms with E-state index in [9.17, 15) is 9.59 Å². The van der Waals surface area contributed by atoms with Crippen LogP contribution in [0.5, 0.6) is 0 Å². The molecule has 1 aliphatic carbocycles. The van der Waals surface area contributed by atoms with E-state index in [1.807, 2.05) is 0 Å². The van der Waals surface area contributed by atoms with Gasteiger partial charge in [0.25, 0.3) is 0 Å². The molecule has 5 nitrogen and oxygen atoms in total. The van der Waals surface area contributed by atoms with E-state index >= 15 is 0 Å². The summed E-state index contributed by atoms with van der Waals surface area (Å²) in [6.07, 6.45) is 7.70. The second-order valence-corrected chi connectivity index (χ2v) is 5.50. The lowest BCUT2D eigenvalue weighted by Crippen LogP contribution is -2.50. The predicted molar refractivity (Wildman–Crippen MR) is 75.9 cm³/mol. The fraction of sp³-hybridized carbons (Fsp3) is 0.857. The molecular weight excluding hydrogens is 242 g/mol. The molecule has 2 atom stereocenters. The van der Waals surface area contributed by atoms with Crippen molar-refractivity contribution in [3.8, 4) is 0 Å². The molecule has 0 saturated heterocycles. The summed E-state index contributed by atoms with van der Waals surface area (Å²) in [5.74, 6) is 0.359. The van der Waals surface area contributed by atoms with E-state index in [-0.39, 0.29) is 11.9 Å². The van der Waals surface area contributed by atoms with Crippen LogP contribution in [0.3, 0.4) is 0 Å². The molecule has 1 rings (SSSR count). The first-order valence-electron chi connectivity index (χ1n) is 7.33. The van der Waals surface area contributed by atoms with Crippen LogP contribution in [0.15, 0.2) is 0 Å². The quantitative estimate of drug-likeness (QED) is 0.681. The Kier molecular flexibility index (Phi) is 6.84. The zero-order valence-corrected chi connectivity index (χ0v) is 12.3. The Balaban J connectivity index is 2.39. The number of hydrogen-bond acceptors (Lipinski definition) is 3. The van der Waals surface area contributed by atoms with Crippen molar-refractivity contribution in [1.82, 2.24) is 16.0 Å². The second-order valence-electron chi connectivity index (χ2n) is 5.50. The SMILES string of the molecule is CNC(=O)NC(=O)C(C)N[C@H](C)C1CCCCCC1. The Bertz CT molecular complexity index is 299. The molecule has 1 unspecified atom stereocenters. The number of amides is 3. The zero-order chi connectivity index (χ0) is 14.3. The summed E-state index contributed by atoms with van der Waals surface area (Å²) in [5.41, 5.74) is 0. The maximum absolute atomic E-state index is 11.8. The summed E-state index contributed by atoms with van der Waals surface area (Å²) >= 11 is 0. The van der Waals surface area contributed by atoms with E-state index in [0.717, 1.165) is 0 Å². The van der Waals surface area contributed by atoms with Gasteiger partial charge in [-0.05, 0) is 32.6 Å². The lowest BCUT2D eigenvalue weighted by molar-refractivity contribution is -0.121. The maximum atomic E-state index is 11.8. The molecule has 0 aromatic carbocycles. The second kappa shape index (κ2) is 8.15. The molecule has 3 amide bonds. The standard InChI is InChI=1S/C14H27N3O2/c1-10(12-8-6-4-5-7-9-12)16-11(2)13(18)17-14(19)15-3/h10-12,16H,4-9H2,1-3H3,(H2,15,17,18,19)/t10-,11?/m1/s1. The largest absolute Gasteiger partial charge is 0.341 e. The highest BCUT2D eigenvalue weighted by molar-refractivity contribution is 5.96. The van der Waals surface area contributed by atoms with Crippen LogP contribution in [0.25, 0.3) is 0 Å². The van der Waals surface area contributed by atoms with Crippen LogP contribution in [0.2, 0.25) is 0 Å². The minimum atomic E-state index is -0.458. The molecule has 19 heavy (non-hydrogen) atoms. The Morgan fingerprint density at radius 1 is 1.05 bits per heavy atom. The van der Waals surface area contributed by atoms with Gasteiger partial charge in [0.2, 0.25) is 5.91 Å². The third-order valence-corrected chi connectivity index (χ3v) is 3.98. The van der Waals surface area contributed by atoms with Gasteiger partial charge in [-0.3, -0.25) is 10.1 Å². The van der Waals surface area contributed by atoms with Gasteiger partial charge in [0.05, 0.1) is 6.04 Å². The van der Waals surface area contributed by atoms with Gasteiger partial charge in [0.1, 0.15) is 0 Å². The third-order valence-electron chi connectivity index (χ3n) is 3.98. The van der Waals surface area contributed by atoms with Gasteiger partial charge in [-0.2, -0.15) is 0 Å². The number of hydrogen-bond donors (Lipinski definition) is 3. The molecule has 1 fully saturated rings. The summed E-state index contributed by atoms with van der Waals surface area (Å²) in [7, 11) is 1.49. The summed E-state index contributed by atoms with van der Waals surface area (Å²) in [4.78, 5) is 22.9. The number of carbonyl (C=O) groups excluding carboxylic acids is 2. The van der Waals surface area contributed by atoms with Gasteiger partial charge in [-0.1, -0.05) is 25.7 Å². The third kappa shape index (κ3) is 5.59. The number of urea groups is 1. The van der Waals surface area contributed by atoms with Crippen molar-refractivity contribution >= 4 is 11.9 Å². The molecule has 0 radical (unpaired) electrons. The Morgan fingerprint density at radius 2 is 1.63 bits per heavy atom. The maximum Gasteiger partial charge on any atom is 0.321 e. The summed E-state index contributed by atoms with van der Waals surface area (Å²) in [6, 6.07) is -0.500. The molecular formula is C14H27N3O2. The lowest BCUT2D eigenvalue weighted by atomic mass is 9.92. The van der Waals surface area contributed by atoms with Crippen LogP contribution < -0.4 is 16.0 Å². The van der Waals surface area contributed by atoms with E-state index in [2.05, 4.69) is 22.9 Å². The molecule has 0 bridgehead atoms. The fourth-order valence-electron chi connectivity index (χ4n) is 2.70. The van der Waals surface area contributed by atoms with Gasteiger partial charge in [-0.15, -0.1) is 0 Å². The molecule has 0 heterocycles. The topological polar surface area (TPSA) is 70.2 Å².